The Balaban J connectivity index is 1.46. The van der Waals surface area contributed by atoms with Crippen LogP contribution in [0.5, 0.6) is 5.75 Å². The van der Waals surface area contributed by atoms with Crippen LogP contribution >= 0.6 is 11.6 Å². The quantitative estimate of drug-likeness (QED) is 0.279. The molecule has 3 aromatic carbocycles. The van der Waals surface area contributed by atoms with Gasteiger partial charge in [0.15, 0.2) is 0 Å². The third-order valence-electron chi connectivity index (χ3n) is 7.02. The van der Waals surface area contributed by atoms with Crippen LogP contribution in [0, 0.1) is 6.92 Å². The fourth-order valence-corrected chi connectivity index (χ4v) is 5.16. The molecule has 0 unspecified atom stereocenters. The van der Waals surface area contributed by atoms with Crippen molar-refractivity contribution in [3.8, 4) is 17.3 Å². The van der Waals surface area contributed by atoms with Crippen LogP contribution in [0.25, 0.3) is 22.4 Å². The smallest absolute Gasteiger partial charge is 0.267 e. The summed E-state index contributed by atoms with van der Waals surface area (Å²) < 4.78 is 12.3. The maximum Gasteiger partial charge on any atom is 0.267 e. The van der Waals surface area contributed by atoms with Gasteiger partial charge in [0.1, 0.15) is 17.0 Å². The van der Waals surface area contributed by atoms with Crippen LogP contribution < -0.4 is 15.1 Å². The molecule has 1 aliphatic carbocycles. The summed E-state index contributed by atoms with van der Waals surface area (Å²) >= 11 is 6.92. The van der Waals surface area contributed by atoms with Crippen molar-refractivity contribution >= 4 is 34.3 Å². The van der Waals surface area contributed by atoms with Crippen molar-refractivity contribution in [2.45, 2.75) is 31.8 Å². The van der Waals surface area contributed by atoms with Gasteiger partial charge < -0.3 is 14.6 Å². The number of rotatable bonds is 8. The molecule has 10 heteroatoms. The highest BCUT2D eigenvalue weighted by molar-refractivity contribution is 6.38. The van der Waals surface area contributed by atoms with Crippen LogP contribution in [0.3, 0.4) is 0 Å². The normalized spacial score (nSPS) is 13.7. The predicted molar refractivity (Wildman–Crippen MR) is 151 cm³/mol. The molecule has 6 rings (SSSR count). The number of aromatic nitrogens is 3. The van der Waals surface area contributed by atoms with E-state index in [0.29, 0.717) is 46.3 Å². The van der Waals surface area contributed by atoms with E-state index in [2.05, 4.69) is 15.5 Å². The molecule has 1 N–H and O–H groups in total. The van der Waals surface area contributed by atoms with Gasteiger partial charge in [-0.3, -0.25) is 9.59 Å². The molecule has 202 valence electrons. The molecule has 0 spiro atoms. The average molecular weight is 556 g/mol. The van der Waals surface area contributed by atoms with E-state index in [0.717, 1.165) is 10.9 Å². The fraction of sp³-hybridized carbons (Fsp3) is 0.200. The number of methoxy groups -OCH3 is 1. The second-order valence-electron chi connectivity index (χ2n) is 9.75. The van der Waals surface area contributed by atoms with E-state index < -0.39 is 5.54 Å². The molecule has 0 atom stereocenters. The van der Waals surface area contributed by atoms with E-state index in [1.165, 1.54) is 0 Å². The Hall–Kier alpha value is -4.63. The number of hydrogen-bond donors (Lipinski definition) is 1. The first-order valence-electron chi connectivity index (χ1n) is 12.8. The molecule has 2 aromatic heterocycles. The van der Waals surface area contributed by atoms with Gasteiger partial charge in [0.2, 0.25) is 11.7 Å². The number of nitrogens with zero attached hydrogens (tertiary/aromatic N) is 4. The van der Waals surface area contributed by atoms with Crippen molar-refractivity contribution in [2.24, 2.45) is 0 Å². The lowest BCUT2D eigenvalue weighted by Gasteiger charge is -2.31. The lowest BCUT2D eigenvalue weighted by atomic mass is 10.1. The van der Waals surface area contributed by atoms with E-state index in [9.17, 15) is 9.59 Å². The second kappa shape index (κ2) is 10.2. The maximum absolute atomic E-state index is 14.5. The first kappa shape index (κ1) is 25.6. The van der Waals surface area contributed by atoms with Gasteiger partial charge in [-0.15, -0.1) is 0 Å². The molecule has 9 nitrogen and oxygen atoms in total. The minimum atomic E-state index is -1.09. The Morgan fingerprint density at radius 2 is 1.82 bits per heavy atom. The molecule has 2 heterocycles. The predicted octanol–water partition coefficient (Wildman–Crippen LogP) is 5.29. The number of benzene rings is 3. The Morgan fingerprint density at radius 1 is 1.07 bits per heavy atom. The molecule has 0 bridgehead atoms. The first-order chi connectivity index (χ1) is 19.4. The lowest BCUT2D eigenvalue weighted by molar-refractivity contribution is -0.123. The first-order valence-corrected chi connectivity index (χ1v) is 13.2. The minimum absolute atomic E-state index is 0.218. The van der Waals surface area contributed by atoms with Crippen LogP contribution in [0.4, 0.5) is 0 Å². The Kier molecular flexibility index (Phi) is 6.51. The SMILES string of the molecule is COc1cccc(C(=O)NC2(C(=O)N(Cc3ccccc3)n3c(-c4noc(C)n4)c(Cl)c4ccccc43)CC2)c1. The third kappa shape index (κ3) is 4.58. The van der Waals surface area contributed by atoms with E-state index in [1.807, 2.05) is 54.6 Å². The van der Waals surface area contributed by atoms with Crippen molar-refractivity contribution in [1.29, 1.82) is 0 Å². The number of carbonyl (C=O) groups excluding carboxylic acids is 2. The fourth-order valence-electron chi connectivity index (χ4n) is 4.83. The monoisotopic (exact) mass is 555 g/mol. The second-order valence-corrected chi connectivity index (χ2v) is 10.1. The number of fused-ring (bicyclic) bond motifs is 1. The minimum Gasteiger partial charge on any atom is -0.497 e. The number of nitrogens with one attached hydrogen (secondary N) is 1. The number of halogens is 1. The number of ether oxygens (including phenoxy) is 1. The third-order valence-corrected chi connectivity index (χ3v) is 7.41. The number of aryl methyl sites for hydroxylation is 1. The topological polar surface area (TPSA) is 102 Å². The van der Waals surface area contributed by atoms with Crippen molar-refractivity contribution < 1.29 is 18.8 Å². The summed E-state index contributed by atoms with van der Waals surface area (Å²) in [5, 5.41) is 9.87. The zero-order valence-electron chi connectivity index (χ0n) is 21.9. The van der Waals surface area contributed by atoms with E-state index in [-0.39, 0.29) is 24.2 Å². The summed E-state index contributed by atoms with van der Waals surface area (Å²) in [5.74, 6) is 0.561. The molecule has 0 aliphatic heterocycles. The van der Waals surface area contributed by atoms with Gasteiger partial charge in [-0.1, -0.05) is 71.4 Å². The molecule has 5 aromatic rings. The van der Waals surface area contributed by atoms with Gasteiger partial charge >= 0.3 is 0 Å². The highest BCUT2D eigenvalue weighted by atomic mass is 35.5. The van der Waals surface area contributed by atoms with Gasteiger partial charge in [-0.25, -0.2) is 9.69 Å². The molecule has 1 fully saturated rings. The van der Waals surface area contributed by atoms with Crippen molar-refractivity contribution in [3.63, 3.8) is 0 Å². The van der Waals surface area contributed by atoms with Gasteiger partial charge in [0.05, 0.1) is 24.2 Å². The summed E-state index contributed by atoms with van der Waals surface area (Å²) in [7, 11) is 1.54. The standard InChI is InChI=1S/C30H26ClN5O4/c1-19-32-27(34-40-19)26-25(31)23-13-6-7-14-24(23)36(26)35(18-20-9-4-3-5-10-20)29(38)30(15-16-30)33-28(37)21-11-8-12-22(17-21)39-2/h3-14,17H,15-16,18H2,1-2H3,(H,33,37). The van der Waals surface area contributed by atoms with Crippen molar-refractivity contribution in [2.75, 3.05) is 12.1 Å². The molecule has 1 aliphatic rings. The Bertz CT molecular complexity index is 1720. The highest BCUT2D eigenvalue weighted by Crippen LogP contribution is 2.41. The molecule has 0 saturated heterocycles. The molecule has 40 heavy (non-hydrogen) atoms. The molecule has 2 amide bonds. The summed E-state index contributed by atoms with van der Waals surface area (Å²) in [5.41, 5.74) is 1.35. The highest BCUT2D eigenvalue weighted by Gasteiger charge is 2.54. The van der Waals surface area contributed by atoms with E-state index >= 15 is 0 Å². The average Bonchev–Trinajstić information content (AvgIpc) is 3.55. The van der Waals surface area contributed by atoms with Gasteiger partial charge in [0, 0.05) is 17.9 Å². The van der Waals surface area contributed by atoms with Crippen LogP contribution in [0.1, 0.15) is 34.7 Å². The van der Waals surface area contributed by atoms with Gasteiger partial charge in [-0.05, 0) is 42.7 Å². The zero-order valence-corrected chi connectivity index (χ0v) is 22.7. The van der Waals surface area contributed by atoms with Gasteiger partial charge in [0.25, 0.3) is 11.8 Å². The summed E-state index contributed by atoms with van der Waals surface area (Å²) in [6.07, 6.45) is 0.993. The maximum atomic E-state index is 14.5. The Labute approximate surface area is 235 Å². The van der Waals surface area contributed by atoms with Crippen LogP contribution in [0.15, 0.2) is 83.4 Å². The van der Waals surface area contributed by atoms with Crippen LogP contribution in [-0.4, -0.2) is 39.3 Å². The molecule has 0 radical (unpaired) electrons. The number of para-hydroxylation sites is 1. The zero-order chi connectivity index (χ0) is 27.9. The van der Waals surface area contributed by atoms with Crippen LogP contribution in [-0.2, 0) is 11.3 Å². The van der Waals surface area contributed by atoms with Gasteiger partial charge in [-0.2, -0.15) is 4.98 Å². The molecular formula is C30H26ClN5O4. The number of hydrogen-bond acceptors (Lipinski definition) is 6. The van der Waals surface area contributed by atoms with Crippen molar-refractivity contribution in [3.05, 3.63) is 101 Å². The largest absolute Gasteiger partial charge is 0.497 e. The summed E-state index contributed by atoms with van der Waals surface area (Å²) in [4.78, 5) is 32.2. The lowest BCUT2D eigenvalue weighted by Crippen LogP contribution is -2.54. The molecule has 1 saturated carbocycles. The van der Waals surface area contributed by atoms with Crippen LogP contribution in [0.2, 0.25) is 5.02 Å². The summed E-state index contributed by atoms with van der Waals surface area (Å²) in [6.45, 7) is 1.91. The number of carbonyl (C=O) groups is 2. The Morgan fingerprint density at radius 3 is 2.52 bits per heavy atom. The molecular weight excluding hydrogens is 530 g/mol. The van der Waals surface area contributed by atoms with E-state index in [4.69, 9.17) is 20.9 Å². The van der Waals surface area contributed by atoms with Crippen molar-refractivity contribution in [1.82, 2.24) is 20.1 Å². The summed E-state index contributed by atoms with van der Waals surface area (Å²) in [6, 6.07) is 24.0. The van der Waals surface area contributed by atoms with E-state index in [1.54, 1.807) is 48.0 Å². The number of amides is 2.